The summed E-state index contributed by atoms with van der Waals surface area (Å²) in [4.78, 5) is 19.9. The molecule has 0 aliphatic rings. The highest BCUT2D eigenvalue weighted by Crippen LogP contribution is 2.17. The average molecular weight is 297 g/mol. The molecule has 0 heterocycles. The standard InChI is InChI=1S/C17H19N3O2/c1-6-20(12-17(21)22-13(2)3)15-9-7-14(8-10-15)11-16(18-4)19-5/h7-11,13H,6,12H2,1-3H3. The van der Waals surface area contributed by atoms with Crippen LogP contribution in [0.2, 0.25) is 0 Å². The molecule has 0 fully saturated rings. The first-order chi connectivity index (χ1) is 10.5. The lowest BCUT2D eigenvalue weighted by atomic mass is 10.2. The SMILES string of the molecule is [C-]#[N+]C(=Cc1ccc(N(CC)CC(=O)OC(C)C)cc1)[N+]#[C-]. The lowest BCUT2D eigenvalue weighted by Gasteiger charge is -2.22. The summed E-state index contributed by atoms with van der Waals surface area (Å²) in [7, 11) is 0. The molecule has 0 saturated heterocycles. The maximum Gasteiger partial charge on any atom is 0.519 e. The Labute approximate surface area is 131 Å². The zero-order valence-corrected chi connectivity index (χ0v) is 13.0. The Morgan fingerprint density at radius 2 is 1.86 bits per heavy atom. The summed E-state index contributed by atoms with van der Waals surface area (Å²) in [5, 5.41) is 0. The third kappa shape index (κ3) is 5.30. The van der Waals surface area contributed by atoms with Gasteiger partial charge in [-0.25, -0.2) is 0 Å². The number of hydrogen-bond donors (Lipinski definition) is 0. The van der Waals surface area contributed by atoms with Crippen molar-refractivity contribution in [3.63, 3.8) is 0 Å². The van der Waals surface area contributed by atoms with Crippen molar-refractivity contribution in [3.8, 4) is 0 Å². The third-order valence-corrected chi connectivity index (χ3v) is 2.85. The first-order valence-corrected chi connectivity index (χ1v) is 7.01. The fraction of sp³-hybridized carbons (Fsp3) is 0.353. The van der Waals surface area contributed by atoms with E-state index in [1.54, 1.807) is 0 Å². The second kappa shape index (κ2) is 8.49. The van der Waals surface area contributed by atoms with Gasteiger partial charge in [-0.05, 0) is 38.5 Å². The maximum absolute atomic E-state index is 11.7. The van der Waals surface area contributed by atoms with Crippen molar-refractivity contribution in [3.05, 3.63) is 58.5 Å². The summed E-state index contributed by atoms with van der Waals surface area (Å²) in [6.45, 7) is 20.2. The van der Waals surface area contributed by atoms with Gasteiger partial charge in [-0.3, -0.25) is 4.79 Å². The molecule has 1 rings (SSSR count). The second-order valence-electron chi connectivity index (χ2n) is 4.87. The van der Waals surface area contributed by atoms with Crippen LogP contribution in [0.3, 0.4) is 0 Å². The Morgan fingerprint density at radius 3 is 2.32 bits per heavy atom. The van der Waals surface area contributed by atoms with Crippen LogP contribution < -0.4 is 4.90 Å². The molecular formula is C17H19N3O2. The molecule has 0 bridgehead atoms. The average Bonchev–Trinajstić information content (AvgIpc) is 2.50. The van der Waals surface area contributed by atoms with E-state index in [1.807, 2.05) is 49.9 Å². The summed E-state index contributed by atoms with van der Waals surface area (Å²) in [5.74, 6) is -0.232. The Morgan fingerprint density at radius 1 is 1.27 bits per heavy atom. The molecule has 0 saturated carbocycles. The van der Waals surface area contributed by atoms with Gasteiger partial charge >= 0.3 is 11.8 Å². The molecule has 0 aliphatic carbocycles. The van der Waals surface area contributed by atoms with E-state index in [-0.39, 0.29) is 24.4 Å². The lowest BCUT2D eigenvalue weighted by molar-refractivity contribution is -0.145. The van der Waals surface area contributed by atoms with E-state index in [0.29, 0.717) is 6.54 Å². The molecule has 0 amide bonds. The van der Waals surface area contributed by atoms with Gasteiger partial charge in [-0.1, -0.05) is 12.1 Å². The predicted molar refractivity (Wildman–Crippen MR) is 86.7 cm³/mol. The van der Waals surface area contributed by atoms with Gasteiger partial charge in [0, 0.05) is 18.3 Å². The highest BCUT2D eigenvalue weighted by Gasteiger charge is 2.12. The number of hydrogen-bond acceptors (Lipinski definition) is 3. The van der Waals surface area contributed by atoms with Gasteiger partial charge in [-0.2, -0.15) is 9.69 Å². The number of carbonyl (C=O) groups is 1. The zero-order chi connectivity index (χ0) is 16.5. The second-order valence-corrected chi connectivity index (χ2v) is 4.87. The van der Waals surface area contributed by atoms with Crippen molar-refractivity contribution in [1.82, 2.24) is 0 Å². The van der Waals surface area contributed by atoms with Gasteiger partial charge in [0.1, 0.15) is 19.7 Å². The van der Waals surface area contributed by atoms with Crippen molar-refractivity contribution < 1.29 is 9.53 Å². The summed E-state index contributed by atoms with van der Waals surface area (Å²) in [5.41, 5.74) is 1.68. The van der Waals surface area contributed by atoms with Crippen LogP contribution >= 0.6 is 0 Å². The van der Waals surface area contributed by atoms with Gasteiger partial charge in [0.15, 0.2) is 0 Å². The van der Waals surface area contributed by atoms with E-state index in [9.17, 15) is 4.79 Å². The normalized spacial score (nSPS) is 9.55. The molecule has 22 heavy (non-hydrogen) atoms. The van der Waals surface area contributed by atoms with E-state index in [2.05, 4.69) is 9.69 Å². The van der Waals surface area contributed by atoms with Crippen LogP contribution in [0.15, 0.2) is 30.1 Å². The molecule has 0 spiro atoms. The number of nitrogens with zero attached hydrogens (tertiary/aromatic N) is 3. The maximum atomic E-state index is 11.7. The number of rotatable bonds is 6. The fourth-order valence-electron chi connectivity index (χ4n) is 1.86. The third-order valence-electron chi connectivity index (χ3n) is 2.85. The van der Waals surface area contributed by atoms with Crippen LogP contribution in [0.25, 0.3) is 15.8 Å². The molecule has 5 heteroatoms. The van der Waals surface area contributed by atoms with Crippen LogP contribution in [0.5, 0.6) is 0 Å². The fourth-order valence-corrected chi connectivity index (χ4v) is 1.86. The molecule has 114 valence electrons. The van der Waals surface area contributed by atoms with Gasteiger partial charge in [0.05, 0.1) is 6.10 Å². The number of likely N-dealkylation sites (N-methyl/N-ethyl adjacent to an activating group) is 1. The van der Waals surface area contributed by atoms with E-state index < -0.39 is 0 Å². The minimum absolute atomic E-state index is 0.0283. The van der Waals surface area contributed by atoms with Gasteiger partial charge in [0.25, 0.3) is 0 Å². The highest BCUT2D eigenvalue weighted by atomic mass is 16.5. The van der Waals surface area contributed by atoms with Crippen LogP contribution in [0.4, 0.5) is 5.69 Å². The monoisotopic (exact) mass is 297 g/mol. The van der Waals surface area contributed by atoms with Crippen molar-refractivity contribution in [2.24, 2.45) is 0 Å². The molecule has 0 aliphatic heterocycles. The molecule has 1 aromatic rings. The summed E-state index contributed by atoms with van der Waals surface area (Å²) in [6, 6.07) is 7.37. The van der Waals surface area contributed by atoms with Gasteiger partial charge < -0.3 is 9.64 Å². The Hall–Kier alpha value is -2.79. The van der Waals surface area contributed by atoms with Gasteiger partial charge in [-0.15, -0.1) is 0 Å². The first kappa shape index (κ1) is 17.3. The lowest BCUT2D eigenvalue weighted by Crippen LogP contribution is -2.31. The Bertz CT molecular complexity index is 603. The van der Waals surface area contributed by atoms with Crippen molar-refractivity contribution in [2.75, 3.05) is 18.0 Å². The molecule has 0 unspecified atom stereocenters. The number of carbonyl (C=O) groups excluding carboxylic acids is 1. The van der Waals surface area contributed by atoms with Crippen LogP contribution in [-0.2, 0) is 9.53 Å². The molecule has 0 aromatic heterocycles. The Kier molecular flexibility index (Phi) is 6.66. The topological polar surface area (TPSA) is 38.3 Å². The predicted octanol–water partition coefficient (Wildman–Crippen LogP) is 3.60. The minimum atomic E-state index is -0.260. The molecule has 0 atom stereocenters. The summed E-state index contributed by atoms with van der Waals surface area (Å²) >= 11 is 0. The van der Waals surface area contributed by atoms with Crippen LogP contribution in [0, 0.1) is 13.1 Å². The largest absolute Gasteiger partial charge is 0.519 e. The van der Waals surface area contributed by atoms with Gasteiger partial charge in [0.2, 0.25) is 0 Å². The number of benzene rings is 1. The minimum Gasteiger partial charge on any atom is -0.462 e. The zero-order valence-electron chi connectivity index (χ0n) is 13.0. The first-order valence-electron chi connectivity index (χ1n) is 7.01. The Balaban J connectivity index is 2.84. The summed E-state index contributed by atoms with van der Waals surface area (Å²) in [6.07, 6.45) is 1.41. The van der Waals surface area contributed by atoms with Crippen molar-refractivity contribution in [2.45, 2.75) is 26.9 Å². The number of ether oxygens (including phenoxy) is 1. The van der Waals surface area contributed by atoms with E-state index in [1.165, 1.54) is 6.08 Å². The molecule has 1 aromatic carbocycles. The van der Waals surface area contributed by atoms with Crippen LogP contribution in [-0.4, -0.2) is 25.2 Å². The quantitative estimate of drug-likeness (QED) is 0.595. The van der Waals surface area contributed by atoms with E-state index in [4.69, 9.17) is 17.9 Å². The van der Waals surface area contributed by atoms with E-state index >= 15 is 0 Å². The van der Waals surface area contributed by atoms with Crippen molar-refractivity contribution >= 4 is 17.7 Å². The smallest absolute Gasteiger partial charge is 0.462 e. The molecule has 5 nitrogen and oxygen atoms in total. The summed E-state index contributed by atoms with van der Waals surface area (Å²) < 4.78 is 5.15. The molecule has 0 N–H and O–H groups in total. The van der Waals surface area contributed by atoms with Crippen molar-refractivity contribution in [1.29, 1.82) is 0 Å². The van der Waals surface area contributed by atoms with E-state index in [0.717, 1.165) is 11.3 Å². The molecule has 0 radical (unpaired) electrons. The highest BCUT2D eigenvalue weighted by molar-refractivity contribution is 5.76. The number of anilines is 1. The number of esters is 1. The molecular weight excluding hydrogens is 278 g/mol. The van der Waals surface area contributed by atoms with Crippen LogP contribution in [0.1, 0.15) is 26.3 Å².